The van der Waals surface area contributed by atoms with Crippen LogP contribution in [0.1, 0.15) is 49.5 Å². The molecular weight excluding hydrogens is 456 g/mol. The van der Waals surface area contributed by atoms with Gasteiger partial charge in [0.2, 0.25) is 5.91 Å². The summed E-state index contributed by atoms with van der Waals surface area (Å²) in [6.45, 7) is 9.61. The molecule has 1 aromatic carbocycles. The SMILES string of the molecule is CCN(Cc1ccc(C(=O)N2CCC(C(=O)Nc3ccc(Br)cn3)CC2)cc1)C(C)C. The third-order valence-corrected chi connectivity index (χ3v) is 6.32. The quantitative estimate of drug-likeness (QED) is 0.622. The van der Waals surface area contributed by atoms with E-state index in [2.05, 4.69) is 51.9 Å². The molecule has 2 amide bonds. The van der Waals surface area contributed by atoms with Crippen LogP contribution < -0.4 is 5.32 Å². The Labute approximate surface area is 193 Å². The number of nitrogens with one attached hydrogen (secondary N) is 1. The summed E-state index contributed by atoms with van der Waals surface area (Å²) in [5.41, 5.74) is 1.92. The van der Waals surface area contributed by atoms with Gasteiger partial charge in [-0.1, -0.05) is 19.1 Å². The number of carbonyl (C=O) groups is 2. The van der Waals surface area contributed by atoms with Gasteiger partial charge in [0.15, 0.2) is 0 Å². The average Bonchev–Trinajstić information content (AvgIpc) is 2.78. The Morgan fingerprint density at radius 3 is 2.39 bits per heavy atom. The third-order valence-electron chi connectivity index (χ3n) is 5.85. The minimum absolute atomic E-state index is 0.0306. The van der Waals surface area contributed by atoms with Crippen molar-refractivity contribution in [3.8, 4) is 0 Å². The molecule has 166 valence electrons. The predicted octanol–water partition coefficient (Wildman–Crippen LogP) is 4.57. The molecule has 0 saturated carbocycles. The number of carbonyl (C=O) groups excluding carboxylic acids is 2. The van der Waals surface area contributed by atoms with Gasteiger partial charge in [-0.3, -0.25) is 14.5 Å². The van der Waals surface area contributed by atoms with E-state index in [1.165, 1.54) is 5.56 Å². The maximum absolute atomic E-state index is 12.9. The lowest BCUT2D eigenvalue weighted by molar-refractivity contribution is -0.121. The molecule has 0 atom stereocenters. The first-order valence-corrected chi connectivity index (χ1v) is 11.7. The highest BCUT2D eigenvalue weighted by Gasteiger charge is 2.28. The molecule has 0 aliphatic carbocycles. The maximum atomic E-state index is 12.9. The van der Waals surface area contributed by atoms with Crippen LogP contribution in [0.2, 0.25) is 0 Å². The Morgan fingerprint density at radius 2 is 1.84 bits per heavy atom. The van der Waals surface area contributed by atoms with Crippen molar-refractivity contribution in [2.24, 2.45) is 5.92 Å². The molecule has 1 aromatic heterocycles. The molecule has 0 radical (unpaired) electrons. The second kappa shape index (κ2) is 10.9. The molecule has 1 N–H and O–H groups in total. The second-order valence-corrected chi connectivity index (χ2v) is 9.19. The van der Waals surface area contributed by atoms with Crippen LogP contribution in [0.15, 0.2) is 47.1 Å². The standard InChI is InChI=1S/C24H31BrN4O2/c1-4-28(17(2)3)16-18-5-7-20(8-6-18)24(31)29-13-11-19(12-14-29)23(30)27-22-10-9-21(25)15-26-22/h5-10,15,17,19H,4,11-14,16H2,1-3H3,(H,26,27,30). The van der Waals surface area contributed by atoms with Crippen LogP contribution in [-0.2, 0) is 11.3 Å². The molecule has 1 fully saturated rings. The van der Waals surface area contributed by atoms with E-state index >= 15 is 0 Å². The predicted molar refractivity (Wildman–Crippen MR) is 127 cm³/mol. The van der Waals surface area contributed by atoms with E-state index in [9.17, 15) is 9.59 Å². The minimum atomic E-state index is -0.104. The van der Waals surface area contributed by atoms with Crippen molar-refractivity contribution >= 4 is 33.6 Å². The second-order valence-electron chi connectivity index (χ2n) is 8.27. The smallest absolute Gasteiger partial charge is 0.253 e. The summed E-state index contributed by atoms with van der Waals surface area (Å²) >= 11 is 3.34. The Kier molecular flexibility index (Phi) is 8.21. The number of aromatic nitrogens is 1. The van der Waals surface area contributed by atoms with Gasteiger partial charge in [0, 0.05) is 47.8 Å². The highest BCUT2D eigenvalue weighted by atomic mass is 79.9. The van der Waals surface area contributed by atoms with Gasteiger partial charge >= 0.3 is 0 Å². The van der Waals surface area contributed by atoms with E-state index in [0.29, 0.717) is 43.4 Å². The van der Waals surface area contributed by atoms with E-state index in [4.69, 9.17) is 0 Å². The number of amides is 2. The molecule has 7 heteroatoms. The Balaban J connectivity index is 1.51. The normalized spacial score (nSPS) is 14.8. The van der Waals surface area contributed by atoms with Crippen LogP contribution in [0.3, 0.4) is 0 Å². The van der Waals surface area contributed by atoms with E-state index in [-0.39, 0.29) is 17.7 Å². The summed E-state index contributed by atoms with van der Waals surface area (Å²) in [6, 6.07) is 12.0. The summed E-state index contributed by atoms with van der Waals surface area (Å²) in [7, 11) is 0. The number of anilines is 1. The zero-order valence-corrected chi connectivity index (χ0v) is 20.1. The fraction of sp³-hybridized carbons (Fsp3) is 0.458. The monoisotopic (exact) mass is 486 g/mol. The number of benzene rings is 1. The van der Waals surface area contributed by atoms with Crippen LogP contribution in [0.25, 0.3) is 0 Å². The fourth-order valence-corrected chi connectivity index (χ4v) is 4.09. The average molecular weight is 487 g/mol. The molecule has 6 nitrogen and oxygen atoms in total. The molecule has 1 saturated heterocycles. The summed E-state index contributed by atoms with van der Waals surface area (Å²) in [5, 5.41) is 2.87. The molecule has 2 heterocycles. The van der Waals surface area contributed by atoms with E-state index in [1.807, 2.05) is 35.2 Å². The number of nitrogens with zero attached hydrogens (tertiary/aromatic N) is 3. The summed E-state index contributed by atoms with van der Waals surface area (Å²) in [4.78, 5) is 33.8. The van der Waals surface area contributed by atoms with Crippen LogP contribution in [0.5, 0.6) is 0 Å². The number of rotatable bonds is 7. The number of pyridine rings is 1. The van der Waals surface area contributed by atoms with Gasteiger partial charge in [-0.25, -0.2) is 4.98 Å². The number of hydrogen-bond donors (Lipinski definition) is 1. The Hall–Kier alpha value is -2.25. The molecule has 3 rings (SSSR count). The highest BCUT2D eigenvalue weighted by molar-refractivity contribution is 9.10. The molecule has 1 aliphatic heterocycles. The van der Waals surface area contributed by atoms with Gasteiger partial charge in [0.25, 0.3) is 5.91 Å². The Bertz CT molecular complexity index is 875. The van der Waals surface area contributed by atoms with Crippen molar-refractivity contribution in [1.29, 1.82) is 0 Å². The number of likely N-dealkylation sites (tertiary alicyclic amines) is 1. The lowest BCUT2D eigenvalue weighted by Gasteiger charge is -2.31. The van der Waals surface area contributed by atoms with Crippen LogP contribution in [0.4, 0.5) is 5.82 Å². The molecule has 2 aromatic rings. The molecular formula is C24H31BrN4O2. The zero-order chi connectivity index (χ0) is 22.4. The van der Waals surface area contributed by atoms with Gasteiger partial charge in [-0.2, -0.15) is 0 Å². The van der Waals surface area contributed by atoms with Crippen molar-refractivity contribution in [1.82, 2.24) is 14.8 Å². The number of piperidine rings is 1. The van der Waals surface area contributed by atoms with E-state index in [0.717, 1.165) is 17.6 Å². The fourth-order valence-electron chi connectivity index (χ4n) is 3.85. The molecule has 0 bridgehead atoms. The zero-order valence-electron chi connectivity index (χ0n) is 18.5. The van der Waals surface area contributed by atoms with Gasteiger partial charge in [-0.15, -0.1) is 0 Å². The van der Waals surface area contributed by atoms with Gasteiger partial charge in [-0.05, 0) is 79.0 Å². The van der Waals surface area contributed by atoms with Crippen LogP contribution >= 0.6 is 15.9 Å². The van der Waals surface area contributed by atoms with Crippen molar-refractivity contribution in [2.75, 3.05) is 25.0 Å². The number of hydrogen-bond acceptors (Lipinski definition) is 4. The van der Waals surface area contributed by atoms with Crippen LogP contribution in [-0.4, -0.2) is 52.3 Å². The van der Waals surface area contributed by atoms with Gasteiger partial charge < -0.3 is 10.2 Å². The Morgan fingerprint density at radius 1 is 1.16 bits per heavy atom. The summed E-state index contributed by atoms with van der Waals surface area (Å²) in [5.74, 6) is 0.451. The summed E-state index contributed by atoms with van der Waals surface area (Å²) < 4.78 is 0.868. The van der Waals surface area contributed by atoms with Gasteiger partial charge in [0.05, 0.1) is 0 Å². The lowest BCUT2D eigenvalue weighted by atomic mass is 9.95. The topological polar surface area (TPSA) is 65.5 Å². The van der Waals surface area contributed by atoms with E-state index in [1.54, 1.807) is 12.3 Å². The highest BCUT2D eigenvalue weighted by Crippen LogP contribution is 2.21. The summed E-state index contributed by atoms with van der Waals surface area (Å²) in [6.07, 6.45) is 2.98. The first-order valence-electron chi connectivity index (χ1n) is 10.9. The number of halogens is 1. The first-order chi connectivity index (χ1) is 14.9. The van der Waals surface area contributed by atoms with Crippen LogP contribution in [0, 0.1) is 5.92 Å². The minimum Gasteiger partial charge on any atom is -0.339 e. The van der Waals surface area contributed by atoms with Gasteiger partial charge in [0.1, 0.15) is 5.82 Å². The van der Waals surface area contributed by atoms with E-state index < -0.39 is 0 Å². The molecule has 0 spiro atoms. The first kappa shape index (κ1) is 23.4. The maximum Gasteiger partial charge on any atom is 0.253 e. The van der Waals surface area contributed by atoms with Crippen molar-refractivity contribution in [3.63, 3.8) is 0 Å². The molecule has 1 aliphatic rings. The molecule has 0 unspecified atom stereocenters. The van der Waals surface area contributed by atoms with Crippen molar-refractivity contribution in [2.45, 2.75) is 46.2 Å². The van der Waals surface area contributed by atoms with Crippen molar-refractivity contribution in [3.05, 3.63) is 58.2 Å². The third kappa shape index (κ3) is 6.37. The van der Waals surface area contributed by atoms with Crippen molar-refractivity contribution < 1.29 is 9.59 Å². The largest absolute Gasteiger partial charge is 0.339 e. The lowest BCUT2D eigenvalue weighted by Crippen LogP contribution is -2.41. The molecule has 31 heavy (non-hydrogen) atoms.